The second-order valence-electron chi connectivity index (χ2n) is 4.35. The highest BCUT2D eigenvalue weighted by molar-refractivity contribution is 6.42. The molecule has 0 spiro atoms. The van der Waals surface area contributed by atoms with Crippen LogP contribution >= 0.6 is 23.2 Å². The van der Waals surface area contributed by atoms with Crippen molar-refractivity contribution in [2.45, 2.75) is 6.42 Å². The molecule has 19 heavy (non-hydrogen) atoms. The Kier molecular flexibility index (Phi) is 3.09. The Bertz CT molecular complexity index is 750. The van der Waals surface area contributed by atoms with Gasteiger partial charge in [0.15, 0.2) is 0 Å². The number of nitrogens with zero attached hydrogens (tertiary/aromatic N) is 1. The number of para-hydroxylation sites is 1. The third kappa shape index (κ3) is 2.39. The monoisotopic (exact) mass is 291 g/mol. The smallest absolute Gasteiger partial charge is 0.111 e. The van der Waals surface area contributed by atoms with Crippen molar-refractivity contribution in [3.63, 3.8) is 0 Å². The molecule has 0 radical (unpaired) electrons. The van der Waals surface area contributed by atoms with Gasteiger partial charge in [0.25, 0.3) is 0 Å². The highest BCUT2D eigenvalue weighted by Crippen LogP contribution is 2.24. The number of nitrogen functional groups attached to an aromatic ring is 1. The van der Waals surface area contributed by atoms with E-state index < -0.39 is 0 Å². The van der Waals surface area contributed by atoms with Gasteiger partial charge in [-0.05, 0) is 29.8 Å². The molecule has 96 valence electrons. The average molecular weight is 292 g/mol. The normalized spacial score (nSPS) is 11.1. The first-order valence-corrected chi connectivity index (χ1v) is 6.56. The number of rotatable bonds is 2. The lowest BCUT2D eigenvalue weighted by molar-refractivity contribution is 1.04. The predicted molar refractivity (Wildman–Crippen MR) is 79.8 cm³/mol. The van der Waals surface area contributed by atoms with Crippen LogP contribution in [0, 0.1) is 0 Å². The zero-order valence-electron chi connectivity index (χ0n) is 9.95. The molecule has 5 heteroatoms. The molecule has 3 nitrogen and oxygen atoms in total. The first kappa shape index (κ1) is 12.3. The van der Waals surface area contributed by atoms with Crippen molar-refractivity contribution in [1.82, 2.24) is 9.97 Å². The maximum Gasteiger partial charge on any atom is 0.111 e. The highest BCUT2D eigenvalue weighted by atomic mass is 35.5. The van der Waals surface area contributed by atoms with Gasteiger partial charge in [-0.3, -0.25) is 0 Å². The topological polar surface area (TPSA) is 54.7 Å². The van der Waals surface area contributed by atoms with E-state index in [0.717, 1.165) is 22.4 Å². The van der Waals surface area contributed by atoms with E-state index in [-0.39, 0.29) is 0 Å². The lowest BCUT2D eigenvalue weighted by atomic mass is 10.1. The molecule has 0 unspecified atom stereocenters. The van der Waals surface area contributed by atoms with Gasteiger partial charge >= 0.3 is 0 Å². The second kappa shape index (κ2) is 4.76. The van der Waals surface area contributed by atoms with Gasteiger partial charge in [-0.2, -0.15) is 0 Å². The highest BCUT2D eigenvalue weighted by Gasteiger charge is 2.07. The number of anilines is 1. The number of nitrogens with one attached hydrogen (secondary N) is 1. The van der Waals surface area contributed by atoms with Crippen LogP contribution < -0.4 is 5.73 Å². The van der Waals surface area contributed by atoms with E-state index in [1.54, 1.807) is 6.07 Å². The lowest BCUT2D eigenvalue weighted by Gasteiger charge is -2.00. The largest absolute Gasteiger partial charge is 0.397 e. The molecule has 0 aliphatic rings. The number of aromatic amines is 1. The maximum atomic E-state index is 6.00. The molecule has 0 saturated heterocycles. The van der Waals surface area contributed by atoms with Gasteiger partial charge in [0, 0.05) is 6.42 Å². The summed E-state index contributed by atoms with van der Waals surface area (Å²) in [6, 6.07) is 11.3. The third-order valence-corrected chi connectivity index (χ3v) is 3.69. The molecule has 0 bridgehead atoms. The molecular formula is C14H11Cl2N3. The molecule has 0 aliphatic carbocycles. The summed E-state index contributed by atoms with van der Waals surface area (Å²) in [5.74, 6) is 0.853. The molecule has 2 aromatic carbocycles. The SMILES string of the molecule is Nc1cccc2[nH]c(Cc3ccc(Cl)c(Cl)c3)nc12. The Morgan fingerprint density at radius 3 is 2.68 bits per heavy atom. The number of halogens is 2. The average Bonchev–Trinajstić information content (AvgIpc) is 2.78. The zero-order valence-corrected chi connectivity index (χ0v) is 11.5. The van der Waals surface area contributed by atoms with Gasteiger partial charge in [0.05, 0.1) is 21.2 Å². The fourth-order valence-corrected chi connectivity index (χ4v) is 2.35. The van der Waals surface area contributed by atoms with Gasteiger partial charge in [-0.1, -0.05) is 35.3 Å². The minimum absolute atomic E-state index is 0.551. The number of fused-ring (bicyclic) bond motifs is 1. The van der Waals surface area contributed by atoms with Crippen LogP contribution in [-0.4, -0.2) is 9.97 Å². The lowest BCUT2D eigenvalue weighted by Crippen LogP contribution is -1.91. The summed E-state index contributed by atoms with van der Waals surface area (Å²) in [5.41, 5.74) is 9.35. The second-order valence-corrected chi connectivity index (χ2v) is 5.17. The fourth-order valence-electron chi connectivity index (χ4n) is 2.03. The van der Waals surface area contributed by atoms with Gasteiger partial charge in [-0.25, -0.2) is 4.98 Å². The van der Waals surface area contributed by atoms with Crippen LogP contribution in [0.25, 0.3) is 11.0 Å². The van der Waals surface area contributed by atoms with Crippen molar-refractivity contribution in [2.24, 2.45) is 0 Å². The summed E-state index contributed by atoms with van der Waals surface area (Å²) >= 11 is 11.9. The van der Waals surface area contributed by atoms with Gasteiger partial charge in [-0.15, -0.1) is 0 Å². The number of H-pyrrole nitrogens is 1. The van der Waals surface area contributed by atoms with Crippen LogP contribution in [0.2, 0.25) is 10.0 Å². The Morgan fingerprint density at radius 2 is 1.95 bits per heavy atom. The van der Waals surface area contributed by atoms with E-state index in [2.05, 4.69) is 9.97 Å². The van der Waals surface area contributed by atoms with E-state index >= 15 is 0 Å². The van der Waals surface area contributed by atoms with E-state index in [9.17, 15) is 0 Å². The molecule has 0 atom stereocenters. The molecule has 0 aliphatic heterocycles. The third-order valence-electron chi connectivity index (χ3n) is 2.95. The first-order chi connectivity index (χ1) is 9.13. The van der Waals surface area contributed by atoms with Crippen LogP contribution in [0.1, 0.15) is 11.4 Å². The quantitative estimate of drug-likeness (QED) is 0.700. The Hall–Kier alpha value is -1.71. The first-order valence-electron chi connectivity index (χ1n) is 5.80. The van der Waals surface area contributed by atoms with Crippen LogP contribution in [-0.2, 0) is 6.42 Å². The Morgan fingerprint density at radius 1 is 1.11 bits per heavy atom. The molecule has 0 amide bonds. The molecule has 0 fully saturated rings. The number of hydrogen-bond donors (Lipinski definition) is 2. The summed E-state index contributed by atoms with van der Waals surface area (Å²) < 4.78 is 0. The van der Waals surface area contributed by atoms with Gasteiger partial charge < -0.3 is 10.7 Å². The number of nitrogens with two attached hydrogens (primary N) is 1. The van der Waals surface area contributed by atoms with Crippen molar-refractivity contribution >= 4 is 39.9 Å². The predicted octanol–water partition coefficient (Wildman–Crippen LogP) is 4.04. The molecule has 3 aromatic rings. The molecule has 1 heterocycles. The van der Waals surface area contributed by atoms with Crippen LogP contribution in [0.4, 0.5) is 5.69 Å². The van der Waals surface area contributed by atoms with Crippen LogP contribution in [0.15, 0.2) is 36.4 Å². The van der Waals surface area contributed by atoms with Crippen molar-refractivity contribution in [3.05, 3.63) is 57.8 Å². The van der Waals surface area contributed by atoms with Crippen molar-refractivity contribution in [1.29, 1.82) is 0 Å². The number of imidazole rings is 1. The van der Waals surface area contributed by atoms with Crippen molar-refractivity contribution < 1.29 is 0 Å². The summed E-state index contributed by atoms with van der Waals surface area (Å²) in [6.07, 6.45) is 0.658. The number of benzene rings is 2. The Labute approximate surface area is 120 Å². The molecule has 3 rings (SSSR count). The Balaban J connectivity index is 1.96. The van der Waals surface area contributed by atoms with E-state index in [4.69, 9.17) is 28.9 Å². The van der Waals surface area contributed by atoms with Gasteiger partial charge in [0.1, 0.15) is 11.3 Å². The fraction of sp³-hybridized carbons (Fsp3) is 0.0714. The molecule has 0 saturated carbocycles. The van der Waals surface area contributed by atoms with Crippen molar-refractivity contribution in [3.8, 4) is 0 Å². The van der Waals surface area contributed by atoms with E-state index in [0.29, 0.717) is 22.2 Å². The van der Waals surface area contributed by atoms with E-state index in [1.165, 1.54) is 0 Å². The summed E-state index contributed by atoms with van der Waals surface area (Å²) in [4.78, 5) is 7.75. The summed E-state index contributed by atoms with van der Waals surface area (Å²) in [6.45, 7) is 0. The van der Waals surface area contributed by atoms with E-state index in [1.807, 2.05) is 30.3 Å². The minimum Gasteiger partial charge on any atom is -0.397 e. The molecule has 3 N–H and O–H groups in total. The summed E-state index contributed by atoms with van der Waals surface area (Å²) in [5, 5.41) is 1.11. The maximum absolute atomic E-state index is 6.00. The van der Waals surface area contributed by atoms with Crippen LogP contribution in [0.5, 0.6) is 0 Å². The summed E-state index contributed by atoms with van der Waals surface area (Å²) in [7, 11) is 0. The minimum atomic E-state index is 0.551. The molecular weight excluding hydrogens is 281 g/mol. The zero-order chi connectivity index (χ0) is 13.4. The van der Waals surface area contributed by atoms with Crippen molar-refractivity contribution in [2.75, 3.05) is 5.73 Å². The van der Waals surface area contributed by atoms with Gasteiger partial charge in [0.2, 0.25) is 0 Å². The standard InChI is InChI=1S/C14H11Cl2N3/c15-9-5-4-8(6-10(9)16)7-13-18-12-3-1-2-11(17)14(12)19-13/h1-6H,7,17H2,(H,18,19). The van der Waals surface area contributed by atoms with Crippen LogP contribution in [0.3, 0.4) is 0 Å². The molecule has 1 aromatic heterocycles. The number of aromatic nitrogens is 2. The number of hydrogen-bond acceptors (Lipinski definition) is 2.